The van der Waals surface area contributed by atoms with Gasteiger partial charge < -0.3 is 10.5 Å². The lowest BCUT2D eigenvalue weighted by Gasteiger charge is -2.12. The predicted molar refractivity (Wildman–Crippen MR) is 64.6 cm³/mol. The number of benzene rings is 1. The van der Waals surface area contributed by atoms with Gasteiger partial charge in [0, 0.05) is 12.3 Å². The van der Waals surface area contributed by atoms with Crippen LogP contribution < -0.4 is 10.5 Å². The molecule has 0 aliphatic heterocycles. The minimum atomic E-state index is -3.10. The highest BCUT2D eigenvalue weighted by atomic mass is 35.5. The van der Waals surface area contributed by atoms with Crippen LogP contribution in [-0.2, 0) is 9.84 Å². The number of sulfone groups is 1. The fourth-order valence-electron chi connectivity index (χ4n) is 1.34. The maximum Gasteiger partial charge on any atom is 0.149 e. The van der Waals surface area contributed by atoms with Gasteiger partial charge in [0.15, 0.2) is 0 Å². The van der Waals surface area contributed by atoms with Crippen LogP contribution in [0.1, 0.15) is 11.6 Å². The minimum absolute atomic E-state index is 0.102. The van der Waals surface area contributed by atoms with Crippen molar-refractivity contribution in [3.8, 4) is 5.75 Å². The molecule has 0 spiro atoms. The van der Waals surface area contributed by atoms with Gasteiger partial charge in [-0.3, -0.25) is 0 Å². The zero-order valence-electron chi connectivity index (χ0n) is 9.10. The monoisotopic (exact) mass is 263 g/mol. The van der Waals surface area contributed by atoms with Crippen LogP contribution in [0.4, 0.5) is 0 Å². The van der Waals surface area contributed by atoms with Crippen LogP contribution in [0.3, 0.4) is 0 Å². The Bertz CT molecular complexity index is 473. The summed E-state index contributed by atoms with van der Waals surface area (Å²) in [6, 6.07) is 4.43. The van der Waals surface area contributed by atoms with Crippen LogP contribution in [0.5, 0.6) is 5.75 Å². The van der Waals surface area contributed by atoms with E-state index in [0.717, 1.165) is 6.26 Å². The Labute approximate surface area is 100 Å². The average molecular weight is 264 g/mol. The van der Waals surface area contributed by atoms with Gasteiger partial charge >= 0.3 is 0 Å². The topological polar surface area (TPSA) is 69.4 Å². The molecule has 16 heavy (non-hydrogen) atoms. The molecule has 90 valence electrons. The van der Waals surface area contributed by atoms with E-state index in [1.54, 1.807) is 18.2 Å². The molecule has 1 aromatic carbocycles. The van der Waals surface area contributed by atoms with E-state index >= 15 is 0 Å². The summed E-state index contributed by atoms with van der Waals surface area (Å²) in [6.07, 6.45) is 1.15. The zero-order chi connectivity index (χ0) is 12.3. The first kappa shape index (κ1) is 13.3. The molecule has 0 saturated carbocycles. The van der Waals surface area contributed by atoms with Crippen molar-refractivity contribution in [2.24, 2.45) is 5.73 Å². The Morgan fingerprint density at radius 3 is 2.56 bits per heavy atom. The molecular formula is C10H14ClNO3S. The van der Waals surface area contributed by atoms with Gasteiger partial charge in [-0.2, -0.15) is 0 Å². The van der Waals surface area contributed by atoms with Crippen LogP contribution in [-0.4, -0.2) is 27.5 Å². The third kappa shape index (κ3) is 3.66. The average Bonchev–Trinajstić information content (AvgIpc) is 2.15. The van der Waals surface area contributed by atoms with Crippen LogP contribution in [0.25, 0.3) is 0 Å². The van der Waals surface area contributed by atoms with E-state index in [1.807, 2.05) is 0 Å². The molecule has 1 atom stereocenters. The van der Waals surface area contributed by atoms with Crippen LogP contribution in [0.15, 0.2) is 18.2 Å². The van der Waals surface area contributed by atoms with Gasteiger partial charge in [0.25, 0.3) is 0 Å². The normalized spacial score (nSPS) is 13.5. The molecule has 1 unspecified atom stereocenters. The van der Waals surface area contributed by atoms with Gasteiger partial charge in [-0.1, -0.05) is 17.7 Å². The second-order valence-electron chi connectivity index (χ2n) is 3.59. The summed E-state index contributed by atoms with van der Waals surface area (Å²) in [5, 5.41) is 0.420. The van der Waals surface area contributed by atoms with E-state index < -0.39 is 15.9 Å². The maximum atomic E-state index is 11.1. The Balaban J connectivity index is 2.93. The molecule has 2 N–H and O–H groups in total. The van der Waals surface area contributed by atoms with E-state index in [2.05, 4.69) is 0 Å². The quantitative estimate of drug-likeness (QED) is 0.891. The molecule has 0 heterocycles. The molecule has 0 bridgehead atoms. The Kier molecular flexibility index (Phi) is 4.18. The number of methoxy groups -OCH3 is 1. The number of halogens is 1. The third-order valence-corrected chi connectivity index (χ3v) is 3.35. The molecule has 0 saturated heterocycles. The van der Waals surface area contributed by atoms with Gasteiger partial charge in [0.1, 0.15) is 15.6 Å². The first-order chi connectivity index (χ1) is 7.33. The van der Waals surface area contributed by atoms with Gasteiger partial charge in [-0.15, -0.1) is 0 Å². The molecule has 1 rings (SSSR count). The van der Waals surface area contributed by atoms with Crippen molar-refractivity contribution >= 4 is 21.4 Å². The summed E-state index contributed by atoms with van der Waals surface area (Å²) in [4.78, 5) is 0. The number of ether oxygens (including phenoxy) is 1. The van der Waals surface area contributed by atoms with Crippen LogP contribution in [0.2, 0.25) is 5.02 Å². The number of hydrogen-bond acceptors (Lipinski definition) is 4. The molecule has 4 nitrogen and oxygen atoms in total. The van der Waals surface area contributed by atoms with Crippen molar-refractivity contribution < 1.29 is 13.2 Å². The van der Waals surface area contributed by atoms with Crippen molar-refractivity contribution in [3.05, 3.63) is 28.8 Å². The summed E-state index contributed by atoms with van der Waals surface area (Å²) in [5.41, 5.74) is 6.44. The number of nitrogens with two attached hydrogens (primary N) is 1. The van der Waals surface area contributed by atoms with Gasteiger partial charge in [-0.05, 0) is 17.7 Å². The van der Waals surface area contributed by atoms with Crippen molar-refractivity contribution in [2.75, 3.05) is 19.1 Å². The smallest absolute Gasteiger partial charge is 0.149 e. The van der Waals surface area contributed by atoms with Crippen molar-refractivity contribution in [2.45, 2.75) is 6.04 Å². The molecule has 0 aliphatic carbocycles. The lowest BCUT2D eigenvalue weighted by atomic mass is 10.1. The largest absolute Gasteiger partial charge is 0.495 e. The lowest BCUT2D eigenvalue weighted by molar-refractivity contribution is 0.415. The maximum absolute atomic E-state index is 11.1. The van der Waals surface area contributed by atoms with E-state index in [9.17, 15) is 8.42 Å². The molecule has 1 aromatic rings. The fourth-order valence-corrected chi connectivity index (χ4v) is 2.45. The first-order valence-corrected chi connectivity index (χ1v) is 7.04. The second kappa shape index (κ2) is 5.03. The van der Waals surface area contributed by atoms with Crippen LogP contribution in [0, 0.1) is 0 Å². The fraction of sp³-hybridized carbons (Fsp3) is 0.400. The Hall–Kier alpha value is -0.780. The molecule has 6 heteroatoms. The Morgan fingerprint density at radius 1 is 1.50 bits per heavy atom. The first-order valence-electron chi connectivity index (χ1n) is 4.60. The Morgan fingerprint density at radius 2 is 2.12 bits per heavy atom. The van der Waals surface area contributed by atoms with Gasteiger partial charge in [0.05, 0.1) is 17.9 Å². The van der Waals surface area contributed by atoms with E-state index in [-0.39, 0.29) is 5.75 Å². The van der Waals surface area contributed by atoms with Crippen molar-refractivity contribution in [1.29, 1.82) is 0 Å². The predicted octanol–water partition coefficient (Wildman–Crippen LogP) is 1.39. The highest BCUT2D eigenvalue weighted by Crippen LogP contribution is 2.27. The third-order valence-electron chi connectivity index (χ3n) is 2.09. The summed E-state index contributed by atoms with van der Waals surface area (Å²) < 4.78 is 27.2. The zero-order valence-corrected chi connectivity index (χ0v) is 10.7. The summed E-state index contributed by atoms with van der Waals surface area (Å²) in [7, 11) is -1.59. The highest BCUT2D eigenvalue weighted by molar-refractivity contribution is 7.90. The van der Waals surface area contributed by atoms with Gasteiger partial charge in [-0.25, -0.2) is 8.42 Å². The van der Waals surface area contributed by atoms with E-state index in [0.29, 0.717) is 16.3 Å². The number of rotatable bonds is 4. The molecule has 0 amide bonds. The molecule has 0 aromatic heterocycles. The lowest BCUT2D eigenvalue weighted by Crippen LogP contribution is -2.20. The number of hydrogen-bond donors (Lipinski definition) is 1. The van der Waals surface area contributed by atoms with Crippen LogP contribution >= 0.6 is 11.6 Å². The SMILES string of the molecule is COc1ccc(C(N)CS(C)(=O)=O)cc1Cl. The molecular weight excluding hydrogens is 250 g/mol. The van der Waals surface area contributed by atoms with Crippen molar-refractivity contribution in [3.63, 3.8) is 0 Å². The highest BCUT2D eigenvalue weighted by Gasteiger charge is 2.14. The standard InChI is InChI=1S/C10H14ClNO3S/c1-15-10-4-3-7(5-8(10)11)9(12)6-16(2,13)14/h3-5,9H,6,12H2,1-2H3. The molecule has 0 aliphatic rings. The minimum Gasteiger partial charge on any atom is -0.495 e. The molecule has 0 radical (unpaired) electrons. The second-order valence-corrected chi connectivity index (χ2v) is 6.18. The van der Waals surface area contributed by atoms with Gasteiger partial charge in [0.2, 0.25) is 0 Å². The van der Waals surface area contributed by atoms with E-state index in [1.165, 1.54) is 7.11 Å². The van der Waals surface area contributed by atoms with Crippen molar-refractivity contribution in [1.82, 2.24) is 0 Å². The summed E-state index contributed by atoms with van der Waals surface area (Å²) in [5.74, 6) is 0.437. The molecule has 0 fully saturated rings. The summed E-state index contributed by atoms with van der Waals surface area (Å²) in [6.45, 7) is 0. The summed E-state index contributed by atoms with van der Waals surface area (Å²) >= 11 is 5.91. The van der Waals surface area contributed by atoms with E-state index in [4.69, 9.17) is 22.1 Å².